The van der Waals surface area contributed by atoms with Gasteiger partial charge in [0, 0.05) is 10.9 Å². The van der Waals surface area contributed by atoms with Crippen molar-refractivity contribution in [2.24, 2.45) is 5.73 Å². The Hall–Kier alpha value is -1.40. The molecule has 0 spiro atoms. The van der Waals surface area contributed by atoms with Crippen molar-refractivity contribution in [3.05, 3.63) is 39.4 Å². The first-order valence-corrected chi connectivity index (χ1v) is 7.86. The van der Waals surface area contributed by atoms with Crippen molar-refractivity contribution in [1.29, 1.82) is 0 Å². The van der Waals surface area contributed by atoms with E-state index in [-0.39, 0.29) is 0 Å². The van der Waals surface area contributed by atoms with E-state index in [1.807, 2.05) is 19.1 Å². The first-order valence-electron chi connectivity index (χ1n) is 7.07. The second-order valence-corrected chi connectivity index (χ2v) is 5.81. The number of nitrogens with zero attached hydrogens (tertiary/aromatic N) is 2. The Bertz CT molecular complexity index is 599. The molecule has 114 valence electrons. The Balaban J connectivity index is 2.11. The highest BCUT2D eigenvalue weighted by Crippen LogP contribution is 2.29. The quantitative estimate of drug-likeness (QED) is 0.827. The third-order valence-corrected chi connectivity index (χ3v) is 3.51. The number of benzene rings is 1. The Morgan fingerprint density at radius 1 is 1.33 bits per heavy atom. The molecule has 0 saturated carbocycles. The summed E-state index contributed by atoms with van der Waals surface area (Å²) in [7, 11) is 0. The van der Waals surface area contributed by atoms with Crippen molar-refractivity contribution in [1.82, 2.24) is 10.1 Å². The predicted octanol–water partition coefficient (Wildman–Crippen LogP) is 3.17. The minimum Gasteiger partial charge on any atom is -0.485 e. The highest BCUT2D eigenvalue weighted by molar-refractivity contribution is 9.10. The molecule has 2 aromatic rings. The lowest BCUT2D eigenvalue weighted by Gasteiger charge is -2.13. The van der Waals surface area contributed by atoms with Crippen LogP contribution in [0.15, 0.2) is 21.1 Å². The fourth-order valence-electron chi connectivity index (χ4n) is 2.15. The molecule has 5 nitrogen and oxygen atoms in total. The highest BCUT2D eigenvalue weighted by Gasteiger charge is 2.11. The maximum absolute atomic E-state index is 5.89. The maximum atomic E-state index is 5.89. The molecule has 21 heavy (non-hydrogen) atoms. The van der Waals surface area contributed by atoms with Gasteiger partial charge in [-0.1, -0.05) is 28.0 Å². The van der Waals surface area contributed by atoms with Gasteiger partial charge < -0.3 is 15.0 Å². The van der Waals surface area contributed by atoms with E-state index >= 15 is 0 Å². The average Bonchev–Trinajstić information content (AvgIpc) is 2.86. The van der Waals surface area contributed by atoms with Crippen LogP contribution in [0, 0.1) is 6.92 Å². The molecule has 2 rings (SSSR count). The van der Waals surface area contributed by atoms with E-state index < -0.39 is 0 Å². The summed E-state index contributed by atoms with van der Waals surface area (Å²) in [6, 6.07) is 4.06. The molecule has 0 amide bonds. The molecule has 1 aromatic carbocycles. The summed E-state index contributed by atoms with van der Waals surface area (Å²) in [6.07, 6.45) is 2.54. The van der Waals surface area contributed by atoms with E-state index in [0.717, 1.165) is 40.6 Å². The molecular weight excluding hydrogens is 334 g/mol. The number of aromatic nitrogens is 2. The third-order valence-electron chi connectivity index (χ3n) is 3.05. The van der Waals surface area contributed by atoms with Crippen LogP contribution in [-0.4, -0.2) is 16.7 Å². The van der Waals surface area contributed by atoms with Crippen LogP contribution < -0.4 is 10.5 Å². The summed E-state index contributed by atoms with van der Waals surface area (Å²) >= 11 is 3.50. The number of hydrogen-bond acceptors (Lipinski definition) is 5. The molecule has 0 radical (unpaired) electrons. The van der Waals surface area contributed by atoms with Crippen LogP contribution in [0.25, 0.3) is 0 Å². The Morgan fingerprint density at radius 3 is 2.86 bits per heavy atom. The van der Waals surface area contributed by atoms with E-state index in [1.54, 1.807) is 0 Å². The normalized spacial score (nSPS) is 10.9. The van der Waals surface area contributed by atoms with Crippen LogP contribution >= 0.6 is 15.9 Å². The second-order valence-electron chi connectivity index (χ2n) is 4.89. The van der Waals surface area contributed by atoms with Crippen molar-refractivity contribution in [2.45, 2.75) is 39.7 Å². The van der Waals surface area contributed by atoms with Crippen LogP contribution in [0.3, 0.4) is 0 Å². The number of nitrogens with two attached hydrogens (primary N) is 1. The molecular formula is C15H20BrN3O2. The molecule has 0 fully saturated rings. The van der Waals surface area contributed by atoms with Crippen molar-refractivity contribution in [3.63, 3.8) is 0 Å². The zero-order valence-electron chi connectivity index (χ0n) is 12.4. The largest absolute Gasteiger partial charge is 0.485 e. The van der Waals surface area contributed by atoms with Crippen molar-refractivity contribution in [2.75, 3.05) is 6.54 Å². The number of halogens is 1. The highest BCUT2D eigenvalue weighted by atomic mass is 79.9. The van der Waals surface area contributed by atoms with Crippen LogP contribution in [-0.2, 0) is 19.4 Å². The van der Waals surface area contributed by atoms with E-state index in [0.29, 0.717) is 24.9 Å². The van der Waals surface area contributed by atoms with Crippen molar-refractivity contribution >= 4 is 15.9 Å². The van der Waals surface area contributed by atoms with E-state index in [4.69, 9.17) is 15.0 Å². The van der Waals surface area contributed by atoms with Gasteiger partial charge in [0.2, 0.25) is 11.7 Å². The lowest BCUT2D eigenvalue weighted by atomic mass is 10.1. The molecule has 0 aliphatic rings. The van der Waals surface area contributed by atoms with Gasteiger partial charge in [-0.2, -0.15) is 4.98 Å². The molecule has 0 aliphatic heterocycles. The van der Waals surface area contributed by atoms with Gasteiger partial charge in [0.25, 0.3) is 0 Å². The van der Waals surface area contributed by atoms with E-state index in [2.05, 4.69) is 33.0 Å². The first-order chi connectivity index (χ1) is 10.1. The Labute approximate surface area is 133 Å². The standard InChI is InChI=1S/C15H20BrN3O2/c1-3-4-14-18-13(19-21-14)9-20-15-10(2)7-12(16)8-11(15)5-6-17/h7-8H,3-6,9,17H2,1-2H3. The lowest BCUT2D eigenvalue weighted by Crippen LogP contribution is -2.07. The fourth-order valence-corrected chi connectivity index (χ4v) is 2.77. The molecule has 0 bridgehead atoms. The van der Waals surface area contributed by atoms with Crippen LogP contribution in [0.5, 0.6) is 5.75 Å². The molecule has 0 aliphatic carbocycles. The smallest absolute Gasteiger partial charge is 0.226 e. The molecule has 1 heterocycles. The topological polar surface area (TPSA) is 74.2 Å². The number of hydrogen-bond donors (Lipinski definition) is 1. The zero-order valence-corrected chi connectivity index (χ0v) is 13.9. The summed E-state index contributed by atoms with van der Waals surface area (Å²) in [4.78, 5) is 4.30. The molecule has 2 N–H and O–H groups in total. The van der Waals surface area contributed by atoms with Crippen LogP contribution in [0.2, 0.25) is 0 Å². The Morgan fingerprint density at radius 2 is 2.14 bits per heavy atom. The minimum atomic E-state index is 0.299. The first kappa shape index (κ1) is 16.0. The lowest BCUT2D eigenvalue weighted by molar-refractivity contribution is 0.280. The second kappa shape index (κ2) is 7.56. The van der Waals surface area contributed by atoms with E-state index in [1.165, 1.54) is 0 Å². The van der Waals surface area contributed by atoms with Gasteiger partial charge in [-0.15, -0.1) is 0 Å². The minimum absolute atomic E-state index is 0.299. The summed E-state index contributed by atoms with van der Waals surface area (Å²) < 4.78 is 12.1. The summed E-state index contributed by atoms with van der Waals surface area (Å²) in [5, 5.41) is 3.93. The third kappa shape index (κ3) is 4.28. The number of ether oxygens (including phenoxy) is 1. The average molecular weight is 354 g/mol. The molecule has 0 unspecified atom stereocenters. The summed E-state index contributed by atoms with van der Waals surface area (Å²) in [5.41, 5.74) is 7.81. The summed E-state index contributed by atoms with van der Waals surface area (Å²) in [6.45, 7) is 4.96. The zero-order chi connectivity index (χ0) is 15.2. The number of aryl methyl sites for hydroxylation is 2. The van der Waals surface area contributed by atoms with Gasteiger partial charge in [-0.3, -0.25) is 0 Å². The van der Waals surface area contributed by atoms with Gasteiger partial charge in [0.05, 0.1) is 0 Å². The van der Waals surface area contributed by atoms with Gasteiger partial charge >= 0.3 is 0 Å². The van der Waals surface area contributed by atoms with Gasteiger partial charge in [-0.05, 0) is 49.6 Å². The van der Waals surface area contributed by atoms with Gasteiger partial charge in [0.1, 0.15) is 5.75 Å². The fraction of sp³-hybridized carbons (Fsp3) is 0.467. The van der Waals surface area contributed by atoms with Gasteiger partial charge in [0.15, 0.2) is 6.61 Å². The molecule has 6 heteroatoms. The summed E-state index contributed by atoms with van der Waals surface area (Å²) in [5.74, 6) is 2.08. The number of rotatable bonds is 7. The Kier molecular flexibility index (Phi) is 5.76. The van der Waals surface area contributed by atoms with Crippen molar-refractivity contribution < 1.29 is 9.26 Å². The van der Waals surface area contributed by atoms with Crippen LogP contribution in [0.1, 0.15) is 36.2 Å². The molecule has 0 atom stereocenters. The van der Waals surface area contributed by atoms with Crippen LogP contribution in [0.4, 0.5) is 0 Å². The van der Waals surface area contributed by atoms with E-state index in [9.17, 15) is 0 Å². The monoisotopic (exact) mass is 353 g/mol. The molecule has 1 aromatic heterocycles. The predicted molar refractivity (Wildman–Crippen MR) is 84.3 cm³/mol. The molecule has 0 saturated heterocycles. The van der Waals surface area contributed by atoms with Crippen molar-refractivity contribution in [3.8, 4) is 5.75 Å². The SMILES string of the molecule is CCCc1nc(COc2c(C)cc(Br)cc2CCN)no1. The maximum Gasteiger partial charge on any atom is 0.226 e. The van der Waals surface area contributed by atoms with Gasteiger partial charge in [-0.25, -0.2) is 0 Å².